The first-order valence-electron chi connectivity index (χ1n) is 0.913. The second-order valence-corrected chi connectivity index (χ2v) is 0.0845. The predicted octanol–water partition coefficient (Wildman–Crippen LogP) is 1.24. The van der Waals surface area contributed by atoms with Crippen LogP contribution in [0.3, 0.4) is 0 Å². The molecule has 0 bridgehead atoms. The molecule has 0 saturated heterocycles. The van der Waals surface area contributed by atoms with E-state index < -0.39 is 0 Å². The van der Waals surface area contributed by atoms with Gasteiger partial charge in [-0.1, -0.05) is 0 Å². The maximum Gasteiger partial charge on any atom is 0.273 e. The number of rotatable bonds is 0. The molecule has 2 heteroatoms. The van der Waals surface area contributed by atoms with Crippen LogP contribution < -0.4 is 0 Å². The van der Waals surface area contributed by atoms with Gasteiger partial charge in [-0.05, 0) is 0 Å². The van der Waals surface area contributed by atoms with Gasteiger partial charge in [0.25, 0.3) is 6.32 Å². The number of halogens is 1. The van der Waals surface area contributed by atoms with Gasteiger partial charge in [-0.25, -0.2) is 0 Å². The van der Waals surface area contributed by atoms with Gasteiger partial charge in [-0.15, -0.1) is 17.5 Å². The van der Waals surface area contributed by atoms with Crippen LogP contribution in [0.4, 0.5) is 4.39 Å². The molecule has 0 spiro atoms. The molecule has 0 fully saturated rings. The monoisotopic (exact) mass is 73.0 g/mol. The average molecular weight is 73.1 g/mol. The van der Waals surface area contributed by atoms with Gasteiger partial charge in [0.05, 0.1) is 0 Å². The molecule has 0 radical (unpaired) electrons. The Morgan fingerprint density at radius 3 is 1.60 bits per heavy atom. The van der Waals surface area contributed by atoms with E-state index in [-0.39, 0.29) is 6.32 Å². The normalized spacial score (nSPS) is 2.40. The molecule has 0 aromatic carbocycles. The second-order valence-electron chi connectivity index (χ2n) is 0.0845. The van der Waals surface area contributed by atoms with E-state index in [1.807, 2.05) is 0 Å². The molecule has 5 heavy (non-hydrogen) atoms. The van der Waals surface area contributed by atoms with Gasteiger partial charge < -0.3 is 0 Å². The van der Waals surface area contributed by atoms with Gasteiger partial charge in [0.1, 0.15) is 0 Å². The summed E-state index contributed by atoms with van der Waals surface area (Å²) < 4.78 is 9.60. The van der Waals surface area contributed by atoms with Gasteiger partial charge in [0, 0.05) is 0 Å². The van der Waals surface area contributed by atoms with E-state index in [4.69, 9.17) is 5.26 Å². The standard InChI is InChI=1S/C2H4.CFN/c1-2;2-1-3/h1-2H2;. The third-order valence-electron chi connectivity index (χ3n) is 0. The third kappa shape index (κ3) is 6.03. The van der Waals surface area contributed by atoms with Crippen molar-refractivity contribution in [3.05, 3.63) is 13.2 Å². The SMILES string of the molecule is C=C.N#CF. The first-order valence-corrected chi connectivity index (χ1v) is 0.913. The summed E-state index contributed by atoms with van der Waals surface area (Å²) in [6.45, 7) is 6.00. The van der Waals surface area contributed by atoms with E-state index in [9.17, 15) is 4.39 Å². The second kappa shape index (κ2) is 576. The Bertz CT molecular complexity index is 36.6. The molecule has 1 nitrogen and oxygen atoms in total. The molecule has 0 N–H and O–H groups in total. The van der Waals surface area contributed by atoms with Gasteiger partial charge in [0.15, 0.2) is 0 Å². The highest BCUT2D eigenvalue weighted by Crippen LogP contribution is 1.34. The summed E-state index contributed by atoms with van der Waals surface area (Å²) in [5.74, 6) is 0. The molecular formula is C3H4FN. The van der Waals surface area contributed by atoms with E-state index >= 15 is 0 Å². The molecule has 0 aliphatic rings. The van der Waals surface area contributed by atoms with Crippen molar-refractivity contribution in [2.75, 3.05) is 0 Å². The molecule has 0 heterocycles. The molecule has 0 atom stereocenters. The lowest BCUT2D eigenvalue weighted by atomic mass is 11.3. The zero-order valence-corrected chi connectivity index (χ0v) is 2.74. The van der Waals surface area contributed by atoms with Crippen LogP contribution in [0.1, 0.15) is 0 Å². The number of hydrogen-bond donors (Lipinski definition) is 0. The minimum Gasteiger partial charge on any atom is -0.159 e. The zero-order valence-electron chi connectivity index (χ0n) is 2.74. The molecular weight excluding hydrogens is 69.0 g/mol. The Balaban J connectivity index is 0. The molecule has 28 valence electrons. The molecule has 0 saturated carbocycles. The van der Waals surface area contributed by atoms with Crippen LogP contribution in [0.15, 0.2) is 13.2 Å². The number of hydrogen-bond acceptors (Lipinski definition) is 1. The zero-order chi connectivity index (χ0) is 4.71. The van der Waals surface area contributed by atoms with Crippen molar-refractivity contribution < 1.29 is 4.39 Å². The molecule has 0 rings (SSSR count). The van der Waals surface area contributed by atoms with Gasteiger partial charge >= 0.3 is 0 Å². The van der Waals surface area contributed by atoms with E-state index in [1.54, 1.807) is 0 Å². The van der Waals surface area contributed by atoms with Gasteiger partial charge in [-0.3, -0.25) is 0 Å². The van der Waals surface area contributed by atoms with Crippen molar-refractivity contribution in [2.45, 2.75) is 0 Å². The minimum absolute atomic E-state index is 0.250. The van der Waals surface area contributed by atoms with Crippen LogP contribution in [0.5, 0.6) is 0 Å². The van der Waals surface area contributed by atoms with Gasteiger partial charge in [0.2, 0.25) is 0 Å². The summed E-state index contributed by atoms with van der Waals surface area (Å²) in [7, 11) is 0. The van der Waals surface area contributed by atoms with Crippen molar-refractivity contribution in [3.8, 4) is 6.32 Å². The number of nitriles is 1. The predicted molar refractivity (Wildman–Crippen MR) is 18.0 cm³/mol. The highest BCUT2D eigenvalue weighted by molar-refractivity contribution is 4.33. The van der Waals surface area contributed by atoms with Crippen molar-refractivity contribution in [1.82, 2.24) is 0 Å². The molecule has 0 unspecified atom stereocenters. The summed E-state index contributed by atoms with van der Waals surface area (Å²) in [5.41, 5.74) is 0. The third-order valence-corrected chi connectivity index (χ3v) is 0. The van der Waals surface area contributed by atoms with Crippen molar-refractivity contribution in [2.24, 2.45) is 0 Å². The fraction of sp³-hybridized carbons (Fsp3) is 0. The van der Waals surface area contributed by atoms with Crippen LogP contribution in [0, 0.1) is 11.6 Å². The largest absolute Gasteiger partial charge is 0.273 e. The van der Waals surface area contributed by atoms with E-state index in [0.717, 1.165) is 0 Å². The van der Waals surface area contributed by atoms with Gasteiger partial charge in [-0.2, -0.15) is 5.26 Å². The maximum atomic E-state index is 9.60. The minimum atomic E-state index is 0.250. The molecule has 0 amide bonds. The quantitative estimate of drug-likeness (QED) is 0.396. The smallest absolute Gasteiger partial charge is 0.159 e. The highest BCUT2D eigenvalue weighted by atomic mass is 19.1. The molecule has 0 aromatic heterocycles. The molecule has 0 aliphatic heterocycles. The average Bonchev–Trinajstić information content (AvgIpc) is 1.46. The Kier molecular flexibility index (Phi) is 1030. The van der Waals surface area contributed by atoms with Crippen LogP contribution in [0.25, 0.3) is 0 Å². The van der Waals surface area contributed by atoms with Crippen LogP contribution in [-0.4, -0.2) is 0 Å². The summed E-state index contributed by atoms with van der Waals surface area (Å²) in [6.07, 6.45) is 0.250. The lowest BCUT2D eigenvalue weighted by Crippen LogP contribution is -1.02. The van der Waals surface area contributed by atoms with Crippen molar-refractivity contribution >= 4 is 0 Å². The van der Waals surface area contributed by atoms with Crippen LogP contribution in [0.2, 0.25) is 0 Å². The molecule has 0 aliphatic carbocycles. The van der Waals surface area contributed by atoms with Crippen LogP contribution in [-0.2, 0) is 0 Å². The van der Waals surface area contributed by atoms with Crippen molar-refractivity contribution in [1.29, 1.82) is 5.26 Å². The summed E-state index contributed by atoms with van der Waals surface area (Å²) in [5, 5.41) is 6.65. The summed E-state index contributed by atoms with van der Waals surface area (Å²) in [6, 6.07) is 0. The fourth-order valence-electron chi connectivity index (χ4n) is 0. The Labute approximate surface area is 30.3 Å². The first-order chi connectivity index (χ1) is 2.41. The summed E-state index contributed by atoms with van der Waals surface area (Å²) in [4.78, 5) is 0. The molecule has 0 aromatic rings. The van der Waals surface area contributed by atoms with E-state index in [2.05, 4.69) is 13.2 Å². The Hall–Kier alpha value is -0.840. The summed E-state index contributed by atoms with van der Waals surface area (Å²) >= 11 is 0. The Morgan fingerprint density at radius 2 is 1.60 bits per heavy atom. The Morgan fingerprint density at radius 1 is 1.60 bits per heavy atom. The van der Waals surface area contributed by atoms with E-state index in [0.29, 0.717) is 0 Å². The fourth-order valence-corrected chi connectivity index (χ4v) is 0. The first kappa shape index (κ1) is 8.90. The lowest BCUT2D eigenvalue weighted by Gasteiger charge is -1.10. The van der Waals surface area contributed by atoms with Crippen LogP contribution >= 0.6 is 0 Å². The number of nitrogens with zero attached hydrogens (tertiary/aromatic N) is 1. The van der Waals surface area contributed by atoms with E-state index in [1.165, 1.54) is 0 Å². The lowest BCUT2D eigenvalue weighted by molar-refractivity contribution is 0.751. The maximum absolute atomic E-state index is 9.60. The topological polar surface area (TPSA) is 23.8 Å². The highest BCUT2D eigenvalue weighted by Gasteiger charge is 1.25. The van der Waals surface area contributed by atoms with Crippen molar-refractivity contribution in [3.63, 3.8) is 0 Å².